The van der Waals surface area contributed by atoms with Crippen LogP contribution in [0.25, 0.3) is 0 Å². The van der Waals surface area contributed by atoms with Crippen LogP contribution < -0.4 is 261 Å². The molecule has 0 radical (unpaired) electrons. The number of carbonyl (C=O) groups excluding carboxylic acids is 3. The molecular formula is C34H50N2Na8O41S5. The molecule has 0 spiro atoms. The molecule has 43 nitrogen and oxygen atoms in total. The first kappa shape index (κ1) is 106. The smallest absolute Gasteiger partial charge is 0.735 e. The number of aliphatic hydroxyl groups is 8. The van der Waals surface area contributed by atoms with Crippen molar-refractivity contribution in [1.29, 1.82) is 0 Å². The number of hydrogen-bond donors (Lipinski definition) is 10. The first-order valence-electron chi connectivity index (χ1n) is 22.1. The number of carboxylic acid groups (broad SMARTS) is 3. The van der Waals surface area contributed by atoms with E-state index in [-0.39, 0.29) is 236 Å². The van der Waals surface area contributed by atoms with Crippen molar-refractivity contribution in [3.05, 3.63) is 11.8 Å². The van der Waals surface area contributed by atoms with Gasteiger partial charge < -0.3 is 136 Å². The van der Waals surface area contributed by atoms with Crippen LogP contribution in [0.5, 0.6) is 0 Å². The van der Waals surface area contributed by atoms with Crippen molar-refractivity contribution < 1.29 is 427 Å². The van der Waals surface area contributed by atoms with Crippen molar-refractivity contribution in [2.24, 2.45) is 0 Å². The summed E-state index contributed by atoms with van der Waals surface area (Å²) < 4.78 is 224. The largest absolute Gasteiger partial charge is 1.00 e. The van der Waals surface area contributed by atoms with Crippen molar-refractivity contribution in [3.8, 4) is 0 Å². The van der Waals surface area contributed by atoms with E-state index in [1.165, 1.54) is 16.4 Å². The van der Waals surface area contributed by atoms with E-state index in [1.807, 2.05) is 0 Å². The number of rotatable bonds is 21. The molecule has 5 rings (SSSR count). The zero-order valence-corrected chi connectivity index (χ0v) is 69.4. The van der Waals surface area contributed by atoms with Gasteiger partial charge in [-0.25, -0.2) is 51.5 Å². The van der Waals surface area contributed by atoms with Crippen LogP contribution in [0, 0.1) is 0 Å². The molecule has 56 heteroatoms. The minimum Gasteiger partial charge on any atom is -0.735 e. The van der Waals surface area contributed by atoms with Crippen LogP contribution in [0.3, 0.4) is 0 Å². The molecule has 90 heavy (non-hydrogen) atoms. The first-order valence-corrected chi connectivity index (χ1v) is 28.9. The van der Waals surface area contributed by atoms with E-state index in [0.29, 0.717) is 6.08 Å². The molecule has 4 fully saturated rings. The van der Waals surface area contributed by atoms with Gasteiger partial charge in [-0.15, -0.1) is 0 Å². The molecule has 10 N–H and O–H groups in total. The molecule has 4 saturated heterocycles. The summed E-state index contributed by atoms with van der Waals surface area (Å²) in [6.07, 6.45) is -39.2. The zero-order chi connectivity index (χ0) is 63.1. The zero-order valence-electron chi connectivity index (χ0n) is 49.4. The number of nitrogens with one attached hydrogen (secondary N) is 2. The van der Waals surface area contributed by atoms with Gasteiger partial charge in [-0.3, -0.25) is 12.5 Å². The second-order valence-electron chi connectivity index (χ2n) is 17.1. The Morgan fingerprint density at radius 1 is 0.489 bits per heavy atom. The van der Waals surface area contributed by atoms with Crippen LogP contribution in [0.4, 0.5) is 0 Å². The van der Waals surface area contributed by atoms with Crippen molar-refractivity contribution in [1.82, 2.24) is 9.44 Å². The van der Waals surface area contributed by atoms with Crippen LogP contribution >= 0.6 is 0 Å². The molecule has 5 heterocycles. The van der Waals surface area contributed by atoms with Gasteiger partial charge in [0.25, 0.3) is 0 Å². The van der Waals surface area contributed by atoms with E-state index in [0.717, 1.165) is 21.1 Å². The van der Waals surface area contributed by atoms with E-state index in [2.05, 4.69) is 22.0 Å². The Morgan fingerprint density at radius 3 is 1.12 bits per heavy atom. The van der Waals surface area contributed by atoms with Crippen molar-refractivity contribution in [2.45, 2.75) is 155 Å². The summed E-state index contributed by atoms with van der Waals surface area (Å²) in [5, 5.41) is 113. The predicted octanol–water partition coefficient (Wildman–Crippen LogP) is -40.5. The number of aliphatic carboxylic acids is 3. The fourth-order valence-electron chi connectivity index (χ4n) is 8.13. The number of carboxylic acids is 3. The summed E-state index contributed by atoms with van der Waals surface area (Å²) in [6, 6.07) is -3.99. The third-order valence-corrected chi connectivity index (χ3v) is 14.0. The molecular weight excluding hydrogens is 1440 g/mol. The molecule has 0 aromatic rings. The summed E-state index contributed by atoms with van der Waals surface area (Å²) in [5.41, 5.74) is 0. The predicted molar refractivity (Wildman–Crippen MR) is 229 cm³/mol. The molecule has 0 saturated carbocycles. The van der Waals surface area contributed by atoms with Gasteiger partial charge in [0, 0.05) is 14.2 Å². The van der Waals surface area contributed by atoms with E-state index < -0.39 is 230 Å². The molecule has 5 aliphatic rings. The van der Waals surface area contributed by atoms with Crippen LogP contribution in [0.15, 0.2) is 11.8 Å². The second kappa shape index (κ2) is 45.7. The molecule has 10 unspecified atom stereocenters. The fraction of sp³-hybridized carbons (Fsp3) is 0.853. The molecule has 480 valence electrons. The number of carbonyl (C=O) groups is 3. The van der Waals surface area contributed by atoms with Gasteiger partial charge >= 0.3 is 236 Å². The number of ether oxygens (including phenoxy) is 9. The Hall–Kier alpha value is 4.66. The Labute approximate surface area is 689 Å². The van der Waals surface area contributed by atoms with E-state index in [1.54, 1.807) is 0 Å². The van der Waals surface area contributed by atoms with E-state index in [9.17, 15) is 135 Å². The average molecular weight is 1490 g/mol. The van der Waals surface area contributed by atoms with E-state index in [4.69, 9.17) is 33.2 Å². The fourth-order valence-corrected chi connectivity index (χ4v) is 10.9. The van der Waals surface area contributed by atoms with Gasteiger partial charge in [0.05, 0.1) is 31.3 Å². The molecule has 0 aromatic heterocycles. The Bertz CT molecular complexity index is 2660. The van der Waals surface area contributed by atoms with Gasteiger partial charge in [0.1, 0.15) is 121 Å². The maximum absolute atomic E-state index is 11.5. The van der Waals surface area contributed by atoms with Crippen LogP contribution in [-0.4, -0.2) is 292 Å². The second-order valence-corrected chi connectivity index (χ2v) is 22.4. The van der Waals surface area contributed by atoms with Crippen LogP contribution in [0.1, 0.15) is 13.8 Å². The topological polar surface area (TPSA) is 703 Å². The standard InChI is InChI=1S/C14H25NO16S2.C13H23NO17S2.C7H10O8S.8Na/c1-4-9(31-33(24,25)26)8(18)11(12(28-4)13(19)20)30-14-6(15-32(21,22)23)7(17)10(27-2)5(3-16)29-14;1-27-7-3(2-15)28-13(4(5(7)16)14-32(21,22)23)30-8-6(17)9(31-33(24,25)26)12(20)29-10(8)11(18)19;1-3-6(15-16(11,12)13)4(8)2-5(14-3)7(9)10;;;;;;;;/h4-12,14-18H,3H2,1-2H3,(H,19,20)(H,21,22,23)(H,24,25,26);3-10,12-17,20H,2H2,1H3,(H,18,19)(H,21,22,23)(H,24,25,26);2-4,6,8H,1H3,(H,9,10)(H,11,12,13);;;;;;;;/q;;;8*+1/p-8/t4-,5?,6?,7-,8-,9?,10+,11+,12?,14-;3?,4?,5-,6+,7+,8+,9?,10?,12?,13-;3-,4+,6?;;;;;;;;/m000......../s1. The van der Waals surface area contributed by atoms with Crippen LogP contribution in [-0.2, 0) is 121 Å². The SMILES string of the molecule is CO[C@@H]1C(CO)O[C@@H](O[C@H]2C(C(=O)[O-])OC(O)C(OS(=O)(=O)[O-])[C@@H]2O)C(NS(=O)(=O)[O-])[C@@H]1O.CO[C@@H]1C(CO)O[C@@H](O[C@H]2C(C(=O)[O-])O[C@@H](C)C(OS(=O)(=O)[O-])[C@@H]2O)C(NS(=O)(=O)[O-])[C@@H]1O.C[C@@H]1OC(C(=O)[O-])=C[C@@H](O)C1OS(=O)(=O)[O-].[Na+].[Na+].[Na+].[Na+].[Na+].[Na+].[Na+].[Na+]. The maximum Gasteiger partial charge on any atom is 1.00 e. The van der Waals surface area contributed by atoms with Crippen molar-refractivity contribution >= 4 is 69.7 Å². The van der Waals surface area contributed by atoms with Crippen LogP contribution in [0.2, 0.25) is 0 Å². The van der Waals surface area contributed by atoms with Gasteiger partial charge in [-0.05, 0) is 19.9 Å². The Balaban J connectivity index is -0.000000296. The van der Waals surface area contributed by atoms with E-state index >= 15 is 0 Å². The summed E-state index contributed by atoms with van der Waals surface area (Å²) >= 11 is 0. The number of hydrogen-bond acceptors (Lipinski definition) is 41. The first-order chi connectivity index (χ1) is 37.4. The Morgan fingerprint density at radius 2 is 0.822 bits per heavy atom. The summed E-state index contributed by atoms with van der Waals surface area (Å²) in [7, 11) is -24.5. The van der Waals surface area contributed by atoms with Gasteiger partial charge in [0.15, 0.2) is 45.6 Å². The normalized spacial score (nSPS) is 35.1. The van der Waals surface area contributed by atoms with Gasteiger partial charge in [-0.1, -0.05) is 0 Å². The third-order valence-electron chi connectivity index (χ3n) is 11.5. The molecule has 5 aliphatic heterocycles. The number of aliphatic hydroxyl groups excluding tert-OH is 8. The molecule has 0 aliphatic carbocycles. The minimum absolute atomic E-state index is 0. The summed E-state index contributed by atoms with van der Waals surface area (Å²) in [4.78, 5) is 33.3. The van der Waals surface area contributed by atoms with Crippen molar-refractivity contribution in [3.63, 3.8) is 0 Å². The summed E-state index contributed by atoms with van der Waals surface area (Å²) in [6.45, 7) is 0.635. The Kier molecular flexibility index (Phi) is 53.6. The molecule has 0 aromatic carbocycles. The third kappa shape index (κ3) is 33.0. The maximum atomic E-state index is 11.5. The average Bonchev–Trinajstić information content (AvgIpc) is 1.03. The molecule has 0 amide bonds. The number of methoxy groups -OCH3 is 2. The molecule has 0 bridgehead atoms. The van der Waals surface area contributed by atoms with Crippen molar-refractivity contribution in [2.75, 3.05) is 27.4 Å². The molecule has 23 atom stereocenters. The van der Waals surface area contributed by atoms with Gasteiger partial charge in [0.2, 0.25) is 31.2 Å². The minimum atomic E-state index is -5.57. The monoisotopic (exact) mass is 1490 g/mol. The summed E-state index contributed by atoms with van der Waals surface area (Å²) in [5.74, 6) is -6.40. The quantitative estimate of drug-likeness (QED) is 0.0290. The van der Waals surface area contributed by atoms with Gasteiger partial charge in [-0.2, -0.15) is 0 Å².